The second-order valence-corrected chi connectivity index (χ2v) is 7.23. The van der Waals surface area contributed by atoms with Crippen molar-refractivity contribution < 1.29 is 14.1 Å². The Morgan fingerprint density at radius 1 is 1.35 bits per heavy atom. The summed E-state index contributed by atoms with van der Waals surface area (Å²) in [5.41, 5.74) is 2.06. The number of carbonyl (C=O) groups excluding carboxylic acids is 1. The van der Waals surface area contributed by atoms with Crippen molar-refractivity contribution in [3.8, 4) is 11.5 Å². The highest BCUT2D eigenvalue weighted by Gasteiger charge is 2.29. The van der Waals surface area contributed by atoms with Crippen molar-refractivity contribution in [3.05, 3.63) is 16.3 Å². The Bertz CT molecular complexity index is 731. The summed E-state index contributed by atoms with van der Waals surface area (Å²) >= 11 is 1.57. The molecule has 1 aliphatic heterocycles. The van der Waals surface area contributed by atoms with E-state index in [0.29, 0.717) is 24.9 Å². The Kier molecular flexibility index (Phi) is 3.90. The van der Waals surface area contributed by atoms with Gasteiger partial charge in [0.25, 0.3) is 5.89 Å². The number of aromatic nitrogens is 2. The Balaban J connectivity index is 1.70. The van der Waals surface area contributed by atoms with Gasteiger partial charge in [0, 0.05) is 10.8 Å². The lowest BCUT2D eigenvalue weighted by Crippen LogP contribution is -2.20. The number of thiophene rings is 1. The second kappa shape index (κ2) is 6.05. The highest BCUT2D eigenvalue weighted by Crippen LogP contribution is 2.43. The van der Waals surface area contributed by atoms with Crippen LogP contribution in [-0.2, 0) is 22.6 Å². The Labute approximate surface area is 138 Å². The highest BCUT2D eigenvalue weighted by atomic mass is 32.1. The fourth-order valence-electron chi connectivity index (χ4n) is 3.35. The van der Waals surface area contributed by atoms with Gasteiger partial charge in [-0.1, -0.05) is 18.0 Å². The van der Waals surface area contributed by atoms with Crippen molar-refractivity contribution in [1.82, 2.24) is 10.1 Å². The molecule has 1 N–H and O–H groups in total. The largest absolute Gasteiger partial charge is 0.376 e. The first kappa shape index (κ1) is 14.8. The molecular formula is C16H19N3O3S. The quantitative estimate of drug-likeness (QED) is 0.932. The number of ether oxygens (including phenoxy) is 1. The molecule has 0 atom stereocenters. The number of hydrogen-bond acceptors (Lipinski definition) is 6. The van der Waals surface area contributed by atoms with Gasteiger partial charge < -0.3 is 14.6 Å². The minimum absolute atomic E-state index is 0.111. The van der Waals surface area contributed by atoms with E-state index in [1.807, 2.05) is 0 Å². The molecule has 0 radical (unpaired) electrons. The van der Waals surface area contributed by atoms with Gasteiger partial charge in [-0.2, -0.15) is 4.98 Å². The van der Waals surface area contributed by atoms with E-state index in [9.17, 15) is 4.79 Å². The van der Waals surface area contributed by atoms with Crippen LogP contribution in [0.3, 0.4) is 0 Å². The number of rotatable bonds is 3. The maximum Gasteiger partial charge on any atom is 0.261 e. The minimum atomic E-state index is 0.111. The van der Waals surface area contributed by atoms with E-state index < -0.39 is 0 Å². The number of anilines is 1. The van der Waals surface area contributed by atoms with Gasteiger partial charge in [-0.15, -0.1) is 11.3 Å². The molecule has 0 unspecified atom stereocenters. The van der Waals surface area contributed by atoms with Gasteiger partial charge in [-0.25, -0.2) is 0 Å². The van der Waals surface area contributed by atoms with Crippen LogP contribution in [0.2, 0.25) is 0 Å². The maximum absolute atomic E-state index is 12.5. The lowest BCUT2D eigenvalue weighted by atomic mass is 10.0. The molecule has 1 aliphatic carbocycles. The topological polar surface area (TPSA) is 77.2 Å². The van der Waals surface area contributed by atoms with Gasteiger partial charge in [0.2, 0.25) is 5.91 Å². The highest BCUT2D eigenvalue weighted by molar-refractivity contribution is 7.17. The van der Waals surface area contributed by atoms with Crippen LogP contribution >= 0.6 is 11.3 Å². The van der Waals surface area contributed by atoms with E-state index in [2.05, 4.69) is 15.5 Å². The van der Waals surface area contributed by atoms with Gasteiger partial charge in [0.1, 0.15) is 5.00 Å². The summed E-state index contributed by atoms with van der Waals surface area (Å²) in [5.74, 6) is 1.32. The van der Waals surface area contributed by atoms with Crippen LogP contribution in [0.5, 0.6) is 0 Å². The van der Waals surface area contributed by atoms with E-state index in [1.54, 1.807) is 18.3 Å². The monoisotopic (exact) mass is 333 g/mol. The van der Waals surface area contributed by atoms with E-state index in [-0.39, 0.29) is 11.8 Å². The predicted octanol–water partition coefficient (Wildman–Crippen LogP) is 3.31. The molecule has 6 nitrogen and oxygen atoms in total. The first-order valence-corrected chi connectivity index (χ1v) is 8.88. The predicted molar refractivity (Wildman–Crippen MR) is 86.3 cm³/mol. The van der Waals surface area contributed by atoms with Crippen LogP contribution in [-0.4, -0.2) is 22.7 Å². The molecule has 3 heterocycles. The Morgan fingerprint density at radius 3 is 2.91 bits per heavy atom. The fraction of sp³-hybridized carbons (Fsp3) is 0.562. The zero-order chi connectivity index (χ0) is 15.8. The average Bonchev–Trinajstić information content (AvgIpc) is 3.25. The average molecular weight is 333 g/mol. The molecule has 1 amide bonds. The van der Waals surface area contributed by atoms with Gasteiger partial charge in [0.05, 0.1) is 18.8 Å². The number of aryl methyl sites for hydroxylation is 1. The minimum Gasteiger partial charge on any atom is -0.376 e. The number of hydrogen-bond donors (Lipinski definition) is 1. The third kappa shape index (κ3) is 2.79. The maximum atomic E-state index is 12.5. The normalized spacial score (nSPS) is 18.1. The summed E-state index contributed by atoms with van der Waals surface area (Å²) in [7, 11) is 0. The third-order valence-electron chi connectivity index (χ3n) is 4.52. The van der Waals surface area contributed by atoms with Crippen LogP contribution in [0, 0.1) is 12.8 Å². The van der Waals surface area contributed by atoms with Gasteiger partial charge in [-0.3, -0.25) is 4.79 Å². The Hall–Kier alpha value is -1.73. The van der Waals surface area contributed by atoms with Gasteiger partial charge in [0.15, 0.2) is 5.82 Å². The zero-order valence-electron chi connectivity index (χ0n) is 13.1. The number of carbonyl (C=O) groups is 1. The summed E-state index contributed by atoms with van der Waals surface area (Å²) in [5, 5.41) is 7.83. The molecule has 2 aromatic heterocycles. The lowest BCUT2D eigenvalue weighted by Gasteiger charge is -2.12. The molecule has 1 fully saturated rings. The van der Waals surface area contributed by atoms with Crippen LogP contribution in [0.15, 0.2) is 4.52 Å². The third-order valence-corrected chi connectivity index (χ3v) is 5.65. The molecule has 2 aliphatic rings. The van der Waals surface area contributed by atoms with Crippen molar-refractivity contribution in [3.63, 3.8) is 0 Å². The molecule has 122 valence electrons. The van der Waals surface area contributed by atoms with Crippen LogP contribution < -0.4 is 5.32 Å². The molecule has 4 rings (SSSR count). The molecule has 2 aromatic rings. The molecule has 1 saturated carbocycles. The standard InChI is InChI=1S/C16H19N3O3S/c1-9-17-15(22-19-9)13-11-6-7-21-8-12(11)23-16(13)18-14(20)10-4-2-3-5-10/h10H,2-8H2,1H3,(H,18,20). The number of nitrogens with one attached hydrogen (secondary N) is 1. The summed E-state index contributed by atoms with van der Waals surface area (Å²) in [4.78, 5) is 18.0. The van der Waals surface area contributed by atoms with E-state index >= 15 is 0 Å². The number of amides is 1. The lowest BCUT2D eigenvalue weighted by molar-refractivity contribution is -0.119. The van der Waals surface area contributed by atoms with Crippen LogP contribution in [0.4, 0.5) is 5.00 Å². The SMILES string of the molecule is Cc1noc(-c2c(NC(=O)C3CCCC3)sc3c2CCOC3)n1. The molecular weight excluding hydrogens is 314 g/mol. The Morgan fingerprint density at radius 2 is 2.17 bits per heavy atom. The van der Waals surface area contributed by atoms with Crippen molar-refractivity contribution in [2.75, 3.05) is 11.9 Å². The first-order valence-electron chi connectivity index (χ1n) is 8.06. The van der Waals surface area contributed by atoms with Crippen molar-refractivity contribution in [2.24, 2.45) is 5.92 Å². The molecule has 0 aromatic carbocycles. The summed E-state index contributed by atoms with van der Waals surface area (Å²) in [6.07, 6.45) is 5.05. The molecule has 7 heteroatoms. The fourth-order valence-corrected chi connectivity index (χ4v) is 4.53. The van der Waals surface area contributed by atoms with E-state index in [1.165, 1.54) is 5.56 Å². The number of nitrogens with zero attached hydrogens (tertiary/aromatic N) is 2. The number of fused-ring (bicyclic) bond motifs is 1. The van der Waals surface area contributed by atoms with Crippen molar-refractivity contribution in [1.29, 1.82) is 0 Å². The van der Waals surface area contributed by atoms with Crippen LogP contribution in [0.1, 0.15) is 41.9 Å². The second-order valence-electron chi connectivity index (χ2n) is 6.13. The smallest absolute Gasteiger partial charge is 0.261 e. The molecule has 0 spiro atoms. The summed E-state index contributed by atoms with van der Waals surface area (Å²) in [6.45, 7) is 3.06. The van der Waals surface area contributed by atoms with E-state index in [4.69, 9.17) is 9.26 Å². The molecule has 0 bridgehead atoms. The summed E-state index contributed by atoms with van der Waals surface area (Å²) in [6, 6.07) is 0. The van der Waals surface area contributed by atoms with Crippen molar-refractivity contribution in [2.45, 2.75) is 45.6 Å². The first-order chi connectivity index (χ1) is 11.2. The van der Waals surface area contributed by atoms with Crippen molar-refractivity contribution >= 4 is 22.2 Å². The van der Waals surface area contributed by atoms with Gasteiger partial charge in [-0.05, 0) is 31.7 Å². The van der Waals surface area contributed by atoms with E-state index in [0.717, 1.165) is 47.5 Å². The van der Waals surface area contributed by atoms with Gasteiger partial charge >= 0.3 is 0 Å². The molecule has 23 heavy (non-hydrogen) atoms. The summed E-state index contributed by atoms with van der Waals surface area (Å²) < 4.78 is 10.9. The zero-order valence-corrected chi connectivity index (χ0v) is 13.9. The molecule has 0 saturated heterocycles. The van der Waals surface area contributed by atoms with Crippen LogP contribution in [0.25, 0.3) is 11.5 Å².